The molecule has 36 heavy (non-hydrogen) atoms. The molecule has 3 aromatic carbocycles. The van der Waals surface area contributed by atoms with Crippen LogP contribution in [0.2, 0.25) is 0 Å². The molecule has 1 aromatic heterocycles. The van der Waals surface area contributed by atoms with Gasteiger partial charge in [-0.1, -0.05) is 23.8 Å². The molecule has 4 rings (SSSR count). The Morgan fingerprint density at radius 3 is 2.67 bits per heavy atom. The first-order chi connectivity index (χ1) is 17.4. The Kier molecular flexibility index (Phi) is 8.00. The van der Waals surface area contributed by atoms with Crippen LogP contribution < -0.4 is 14.8 Å². The van der Waals surface area contributed by atoms with E-state index in [-0.39, 0.29) is 5.75 Å². The van der Waals surface area contributed by atoms with Gasteiger partial charge >= 0.3 is 0 Å². The summed E-state index contributed by atoms with van der Waals surface area (Å²) in [6.45, 7) is 7.82. The number of benzene rings is 3. The molecule has 0 atom stereocenters. The number of phenolic OH excluding ortho intramolecular Hbond substituents is 1. The smallest absolute Gasteiger partial charge is 0.173 e. The number of anilines is 1. The van der Waals surface area contributed by atoms with Gasteiger partial charge in [0.1, 0.15) is 5.75 Å². The first-order valence-corrected chi connectivity index (χ1v) is 12.5. The molecular weight excluding hydrogens is 470 g/mol. The summed E-state index contributed by atoms with van der Waals surface area (Å²) in [5, 5.41) is 15.4. The van der Waals surface area contributed by atoms with Crippen LogP contribution in [0, 0.1) is 13.8 Å². The molecule has 0 amide bonds. The SMILES string of the molecule is CCOc1cc(CN(CCc2c[nH]c3ccc(OC)cc23)C(=S)Nc2ccc(C)cc2C)ccc1O. The molecule has 7 heteroatoms. The summed E-state index contributed by atoms with van der Waals surface area (Å²) in [5.41, 5.74) is 6.62. The number of nitrogens with one attached hydrogen (secondary N) is 2. The van der Waals surface area contributed by atoms with E-state index in [4.69, 9.17) is 21.7 Å². The standard InChI is InChI=1S/C29H33N3O3S/c1-5-35-28-15-21(7-11-27(28)33)18-32(29(36)31-25-9-6-19(2)14-20(25)3)13-12-22-17-30-26-10-8-23(34-4)16-24(22)26/h6-11,14-17,30,33H,5,12-13,18H2,1-4H3,(H,31,36). The average Bonchev–Trinajstić information content (AvgIpc) is 3.27. The largest absolute Gasteiger partial charge is 0.504 e. The molecule has 0 aliphatic heterocycles. The van der Waals surface area contributed by atoms with Gasteiger partial charge in [-0.2, -0.15) is 0 Å². The fraction of sp³-hybridized carbons (Fsp3) is 0.276. The Hall–Kier alpha value is -3.71. The van der Waals surface area contributed by atoms with Crippen LogP contribution in [0.1, 0.15) is 29.2 Å². The quantitative estimate of drug-likeness (QED) is 0.232. The molecule has 0 radical (unpaired) electrons. The highest BCUT2D eigenvalue weighted by atomic mass is 32.1. The number of methoxy groups -OCH3 is 1. The number of H-pyrrole nitrogens is 1. The average molecular weight is 504 g/mol. The van der Waals surface area contributed by atoms with Gasteiger partial charge in [0.25, 0.3) is 0 Å². The predicted octanol–water partition coefficient (Wildman–Crippen LogP) is 6.34. The lowest BCUT2D eigenvalue weighted by Gasteiger charge is -2.27. The topological polar surface area (TPSA) is 69.8 Å². The number of aryl methyl sites for hydroxylation is 2. The van der Waals surface area contributed by atoms with Crippen LogP contribution in [0.15, 0.2) is 60.8 Å². The van der Waals surface area contributed by atoms with Gasteiger partial charge in [-0.25, -0.2) is 0 Å². The predicted molar refractivity (Wildman–Crippen MR) is 150 cm³/mol. The lowest BCUT2D eigenvalue weighted by molar-refractivity contribution is 0.317. The number of fused-ring (bicyclic) bond motifs is 1. The maximum atomic E-state index is 10.1. The molecular formula is C29H33N3O3S. The Balaban J connectivity index is 1.58. The van der Waals surface area contributed by atoms with Crippen molar-refractivity contribution in [3.63, 3.8) is 0 Å². The van der Waals surface area contributed by atoms with Crippen LogP contribution in [-0.4, -0.2) is 40.4 Å². The second-order valence-corrected chi connectivity index (χ2v) is 9.27. The van der Waals surface area contributed by atoms with Crippen molar-refractivity contribution in [1.29, 1.82) is 0 Å². The third kappa shape index (κ3) is 5.91. The third-order valence-electron chi connectivity index (χ3n) is 6.23. The van der Waals surface area contributed by atoms with Crippen LogP contribution in [0.3, 0.4) is 0 Å². The Bertz CT molecular complexity index is 1370. The van der Waals surface area contributed by atoms with Gasteiger partial charge in [0.2, 0.25) is 0 Å². The van der Waals surface area contributed by atoms with E-state index >= 15 is 0 Å². The molecule has 1 heterocycles. The van der Waals surface area contributed by atoms with E-state index in [2.05, 4.69) is 59.5 Å². The highest BCUT2D eigenvalue weighted by Crippen LogP contribution is 2.28. The molecule has 0 aliphatic rings. The Morgan fingerprint density at radius 2 is 1.92 bits per heavy atom. The summed E-state index contributed by atoms with van der Waals surface area (Å²) in [6.07, 6.45) is 2.84. The lowest BCUT2D eigenvalue weighted by Crippen LogP contribution is -2.36. The van der Waals surface area contributed by atoms with E-state index in [1.54, 1.807) is 13.2 Å². The van der Waals surface area contributed by atoms with Crippen molar-refractivity contribution in [2.45, 2.75) is 33.7 Å². The van der Waals surface area contributed by atoms with Crippen LogP contribution >= 0.6 is 12.2 Å². The van der Waals surface area contributed by atoms with Gasteiger partial charge in [-0.3, -0.25) is 0 Å². The molecule has 0 saturated heterocycles. The summed E-state index contributed by atoms with van der Waals surface area (Å²) in [7, 11) is 1.68. The van der Waals surface area contributed by atoms with Gasteiger partial charge in [0, 0.05) is 35.9 Å². The van der Waals surface area contributed by atoms with E-state index in [9.17, 15) is 5.11 Å². The van der Waals surface area contributed by atoms with E-state index in [1.807, 2.05) is 31.2 Å². The number of aromatic hydroxyl groups is 1. The molecule has 0 fully saturated rings. The van der Waals surface area contributed by atoms with Gasteiger partial charge in [0.05, 0.1) is 13.7 Å². The highest BCUT2D eigenvalue weighted by molar-refractivity contribution is 7.80. The minimum Gasteiger partial charge on any atom is -0.504 e. The number of aromatic amines is 1. The highest BCUT2D eigenvalue weighted by Gasteiger charge is 2.15. The van der Waals surface area contributed by atoms with Gasteiger partial charge in [-0.15, -0.1) is 0 Å². The van der Waals surface area contributed by atoms with E-state index in [0.29, 0.717) is 30.6 Å². The number of hydrogen-bond acceptors (Lipinski definition) is 4. The first-order valence-electron chi connectivity index (χ1n) is 12.1. The Labute approximate surface area is 217 Å². The van der Waals surface area contributed by atoms with Crippen LogP contribution in [0.25, 0.3) is 10.9 Å². The zero-order valence-electron chi connectivity index (χ0n) is 21.2. The zero-order valence-corrected chi connectivity index (χ0v) is 22.0. The fourth-order valence-corrected chi connectivity index (χ4v) is 4.56. The van der Waals surface area contributed by atoms with Gasteiger partial charge < -0.3 is 29.8 Å². The van der Waals surface area contributed by atoms with Crippen molar-refractivity contribution in [3.8, 4) is 17.2 Å². The molecule has 6 nitrogen and oxygen atoms in total. The minimum absolute atomic E-state index is 0.135. The maximum Gasteiger partial charge on any atom is 0.173 e. The first kappa shape index (κ1) is 25.4. The van der Waals surface area contributed by atoms with Gasteiger partial charge in [0.15, 0.2) is 16.6 Å². The summed E-state index contributed by atoms with van der Waals surface area (Å²) < 4.78 is 11.0. The van der Waals surface area contributed by atoms with Crippen molar-refractivity contribution < 1.29 is 14.6 Å². The number of thiocarbonyl (C=S) groups is 1. The van der Waals surface area contributed by atoms with Crippen molar-refractivity contribution in [2.24, 2.45) is 0 Å². The number of nitrogens with zero attached hydrogens (tertiary/aromatic N) is 1. The summed E-state index contributed by atoms with van der Waals surface area (Å²) >= 11 is 5.90. The van der Waals surface area contributed by atoms with E-state index in [0.717, 1.165) is 39.9 Å². The summed E-state index contributed by atoms with van der Waals surface area (Å²) in [6, 6.07) is 17.8. The minimum atomic E-state index is 0.135. The number of ether oxygens (including phenoxy) is 2. The second kappa shape index (κ2) is 11.4. The van der Waals surface area contributed by atoms with Crippen LogP contribution in [-0.2, 0) is 13.0 Å². The number of rotatable bonds is 9. The molecule has 0 spiro atoms. The van der Waals surface area contributed by atoms with Crippen molar-refractivity contribution in [1.82, 2.24) is 9.88 Å². The van der Waals surface area contributed by atoms with Crippen LogP contribution in [0.4, 0.5) is 5.69 Å². The lowest BCUT2D eigenvalue weighted by atomic mass is 10.1. The fourth-order valence-electron chi connectivity index (χ4n) is 4.30. The number of aromatic nitrogens is 1. The molecule has 0 bridgehead atoms. The van der Waals surface area contributed by atoms with E-state index in [1.165, 1.54) is 11.1 Å². The molecule has 4 aromatic rings. The number of hydrogen-bond donors (Lipinski definition) is 3. The summed E-state index contributed by atoms with van der Waals surface area (Å²) in [5.74, 6) is 1.45. The molecule has 0 aliphatic carbocycles. The zero-order chi connectivity index (χ0) is 25.7. The van der Waals surface area contributed by atoms with Crippen molar-refractivity contribution >= 4 is 33.9 Å². The van der Waals surface area contributed by atoms with Crippen molar-refractivity contribution in [3.05, 3.63) is 83.0 Å². The van der Waals surface area contributed by atoms with E-state index < -0.39 is 0 Å². The molecule has 3 N–H and O–H groups in total. The van der Waals surface area contributed by atoms with Crippen molar-refractivity contribution in [2.75, 3.05) is 25.6 Å². The second-order valence-electron chi connectivity index (χ2n) is 8.88. The van der Waals surface area contributed by atoms with Crippen LogP contribution in [0.5, 0.6) is 17.2 Å². The third-order valence-corrected chi connectivity index (χ3v) is 6.59. The maximum absolute atomic E-state index is 10.1. The molecule has 0 unspecified atom stereocenters. The van der Waals surface area contributed by atoms with Gasteiger partial charge in [-0.05, 0) is 92.5 Å². The number of phenols is 1. The monoisotopic (exact) mass is 503 g/mol. The molecule has 188 valence electrons. The Morgan fingerprint density at radius 1 is 1.08 bits per heavy atom. The molecule has 0 saturated carbocycles. The normalized spacial score (nSPS) is 10.9. The summed E-state index contributed by atoms with van der Waals surface area (Å²) in [4.78, 5) is 5.50.